The number of methoxy groups -OCH3 is 5. The van der Waals surface area contributed by atoms with Crippen LogP contribution >= 0.6 is 0 Å². The Labute approximate surface area is 522 Å². The molecule has 1 aromatic rings. The number of carbonyl (C=O) groups is 1. The lowest BCUT2D eigenvalue weighted by atomic mass is 9.41. The summed E-state index contributed by atoms with van der Waals surface area (Å²) in [6.07, 6.45) is -9.49. The standard InChI is InChI=1S/C65H100O24/c1-33-52(68)58(78-13)53(69)59(83-33)89-57-37(5)82-51(30-44(57)77-12)88-56-36(4)81-50(29-43(56)76-11)87-55-35(3)80-49(28-42(55)75-10)86-54-34(2)79-48(27-41(54)74-9)84-40-21-22-60(7)45-31-46(85-47(67)20-19-39-17-15-14-16-18-39)61(8)63(71,38(6)66)25-26-65(61,73)64(45,72)24-23-62(60,70)32-40/h14-20,23-24,33-38,40-46,48-59,66,68-73H,21-22,25-32H2,1-13H3/t33-,34-,35-,36-,37-,38+,40+,41+,42+,43-,44-,45-,46-,48+,49+,50+,51+,52-,53-,54-,55-,56-,57-,58-,59+,60-,61-,62-,63-,64+,65-/m1/s1. The largest absolute Gasteiger partial charge is 0.458 e. The molecule has 7 N–H and O–H groups in total. The summed E-state index contributed by atoms with van der Waals surface area (Å²) in [6.45, 7) is 14.1. The summed E-state index contributed by atoms with van der Waals surface area (Å²) in [6, 6.07) is 9.21. The molecular weight excluding hydrogens is 1160 g/mol. The van der Waals surface area contributed by atoms with Gasteiger partial charge in [0.25, 0.3) is 0 Å². The average Bonchev–Trinajstić information content (AvgIpc) is 1.62. The van der Waals surface area contributed by atoms with E-state index in [-0.39, 0.29) is 32.1 Å². The van der Waals surface area contributed by atoms with Gasteiger partial charge in [0.2, 0.25) is 0 Å². The number of hydrogen-bond donors (Lipinski definition) is 7. The number of aliphatic hydroxyl groups excluding tert-OH is 3. The van der Waals surface area contributed by atoms with Crippen LogP contribution in [0.25, 0.3) is 6.08 Å². The number of benzene rings is 1. The zero-order chi connectivity index (χ0) is 64.3. The highest BCUT2D eigenvalue weighted by Gasteiger charge is 2.82. The van der Waals surface area contributed by atoms with E-state index in [0.717, 1.165) is 5.56 Å². The first-order chi connectivity index (χ1) is 42.1. The van der Waals surface area contributed by atoms with Crippen LogP contribution in [0.4, 0.5) is 0 Å². The normalized spacial score (nSPS) is 50.4. The summed E-state index contributed by atoms with van der Waals surface area (Å²) in [5.41, 5.74) is -9.67. The second-order valence-corrected chi connectivity index (χ2v) is 27.0. The Balaban J connectivity index is 0.732. The minimum atomic E-state index is -2.09. The van der Waals surface area contributed by atoms with Gasteiger partial charge >= 0.3 is 5.97 Å². The van der Waals surface area contributed by atoms with E-state index < -0.39 is 193 Å². The Morgan fingerprint density at radius 2 is 1.07 bits per heavy atom. The van der Waals surface area contributed by atoms with E-state index in [1.54, 1.807) is 54.4 Å². The highest BCUT2D eigenvalue weighted by Crippen LogP contribution is 2.71. The molecule has 3 saturated carbocycles. The second kappa shape index (κ2) is 27.2. The highest BCUT2D eigenvalue weighted by molar-refractivity contribution is 5.87. The van der Waals surface area contributed by atoms with Gasteiger partial charge in [-0.05, 0) is 85.3 Å². The van der Waals surface area contributed by atoms with Crippen LogP contribution in [0.1, 0.15) is 125 Å². The number of aliphatic hydroxyl groups is 7. The van der Waals surface area contributed by atoms with Crippen LogP contribution < -0.4 is 0 Å². The number of carbonyl (C=O) groups excluding carboxylic acids is 1. The van der Waals surface area contributed by atoms with Gasteiger partial charge in [0.15, 0.2) is 31.5 Å². The summed E-state index contributed by atoms with van der Waals surface area (Å²) in [7, 11) is 7.81. The maximum Gasteiger partial charge on any atom is 0.331 e. The average molecular weight is 1270 g/mol. The molecule has 5 heterocycles. The number of fused-ring (bicyclic) bond motifs is 5. The lowest BCUT2D eigenvalue weighted by Crippen LogP contribution is -2.80. The van der Waals surface area contributed by atoms with E-state index in [1.165, 1.54) is 26.2 Å². The fourth-order valence-electron chi connectivity index (χ4n) is 16.9. The molecule has 24 nitrogen and oxygen atoms in total. The smallest absolute Gasteiger partial charge is 0.331 e. The second-order valence-electron chi connectivity index (χ2n) is 27.0. The first-order valence-corrected chi connectivity index (χ1v) is 31.9. The van der Waals surface area contributed by atoms with Crippen molar-refractivity contribution in [3.05, 3.63) is 54.1 Å². The van der Waals surface area contributed by atoms with Crippen molar-refractivity contribution in [3.63, 3.8) is 0 Å². The Morgan fingerprint density at radius 3 is 1.54 bits per heavy atom. The van der Waals surface area contributed by atoms with Crippen LogP contribution in [-0.4, -0.2) is 247 Å². The maximum atomic E-state index is 13.7. The predicted octanol–water partition coefficient (Wildman–Crippen LogP) is 3.50. The summed E-state index contributed by atoms with van der Waals surface area (Å²) in [4.78, 5) is 13.7. The van der Waals surface area contributed by atoms with E-state index in [0.29, 0.717) is 32.1 Å². The van der Waals surface area contributed by atoms with Gasteiger partial charge in [-0.15, -0.1) is 0 Å². The van der Waals surface area contributed by atoms with Crippen molar-refractivity contribution in [2.75, 3.05) is 35.5 Å². The van der Waals surface area contributed by atoms with Crippen LogP contribution in [0.5, 0.6) is 0 Å². The molecule has 5 saturated heterocycles. The molecule has 0 amide bonds. The van der Waals surface area contributed by atoms with Crippen LogP contribution in [0.2, 0.25) is 0 Å². The van der Waals surface area contributed by atoms with Gasteiger partial charge in [0, 0.05) is 85.1 Å². The van der Waals surface area contributed by atoms with Gasteiger partial charge in [0.1, 0.15) is 65.6 Å². The fourth-order valence-corrected chi connectivity index (χ4v) is 16.9. The van der Waals surface area contributed by atoms with Crippen molar-refractivity contribution in [3.8, 4) is 0 Å². The van der Waals surface area contributed by atoms with Crippen LogP contribution in [0.3, 0.4) is 0 Å². The van der Waals surface area contributed by atoms with Crippen molar-refractivity contribution < 1.29 is 116 Å². The molecule has 31 atom stereocenters. The molecule has 0 unspecified atom stereocenters. The molecule has 89 heavy (non-hydrogen) atoms. The first-order valence-electron chi connectivity index (χ1n) is 31.9. The third-order valence-corrected chi connectivity index (χ3v) is 22.3. The van der Waals surface area contributed by atoms with Crippen molar-refractivity contribution >= 4 is 12.0 Å². The molecule has 504 valence electrons. The third-order valence-electron chi connectivity index (χ3n) is 22.3. The van der Waals surface area contributed by atoms with Gasteiger partial charge in [-0.3, -0.25) is 0 Å². The molecule has 10 rings (SSSR count). The lowest BCUT2D eigenvalue weighted by Gasteiger charge is -2.68. The number of rotatable bonds is 19. The van der Waals surface area contributed by atoms with E-state index in [4.69, 9.17) is 75.8 Å². The summed E-state index contributed by atoms with van der Waals surface area (Å²) < 4.78 is 100. The molecule has 9 aliphatic rings. The number of hydrogen-bond acceptors (Lipinski definition) is 24. The molecule has 0 radical (unpaired) electrons. The molecule has 5 aliphatic heterocycles. The minimum Gasteiger partial charge on any atom is -0.458 e. The Morgan fingerprint density at radius 1 is 0.584 bits per heavy atom. The minimum absolute atomic E-state index is 0.0317. The summed E-state index contributed by atoms with van der Waals surface area (Å²) in [5.74, 6) is -1.59. The molecule has 0 spiro atoms. The lowest BCUT2D eigenvalue weighted by molar-refractivity contribution is -0.358. The topological polar surface area (TPSA) is 306 Å². The fraction of sp³-hybridized carbons (Fsp3) is 0.831. The SMILES string of the molecule is CO[C@H]1[C@@H](O)[C@H](O[C@@H]2[C@@H](C)O[C@@H](O[C@@H]3[C@@H](C)O[C@@H](O[C@H]4[C@@H](OC)C[C@H](O[C@H]5[C@@H](OC)C[C@H](O[C@H]6CC[C@]7(C)[C@H]8C[C@@H](OC(=O)C=Cc9ccccc9)[C@@]9(C)[C@](O)(CC[C@@]9(O)[C@H](C)O)[C@]8(O)C=C[C@@]7(O)C6)O[C@@H]5C)O[C@@H]4C)C[C@H]3OC)C[C@H]2OC)O[C@H](C)[C@H]1O. The Hall–Kier alpha value is -2.71. The van der Waals surface area contributed by atoms with Gasteiger partial charge in [-0.25, -0.2) is 4.79 Å². The quantitative estimate of drug-likeness (QED) is 0.0592. The molecule has 0 bridgehead atoms. The van der Waals surface area contributed by atoms with Gasteiger partial charge < -0.3 is 112 Å². The monoisotopic (exact) mass is 1260 g/mol. The highest BCUT2D eigenvalue weighted by atomic mass is 16.8. The van der Waals surface area contributed by atoms with Crippen molar-refractivity contribution in [2.24, 2.45) is 16.7 Å². The van der Waals surface area contributed by atoms with Crippen LogP contribution in [-0.2, 0) is 80.6 Å². The van der Waals surface area contributed by atoms with Gasteiger partial charge in [0.05, 0.1) is 78.2 Å². The van der Waals surface area contributed by atoms with E-state index >= 15 is 0 Å². The zero-order valence-corrected chi connectivity index (χ0v) is 53.8. The molecule has 24 heteroatoms. The molecule has 0 aromatic heterocycles. The summed E-state index contributed by atoms with van der Waals surface area (Å²) in [5, 5.41) is 83.8. The third kappa shape index (κ3) is 12.5. The first kappa shape index (κ1) is 69.1. The number of esters is 1. The maximum absolute atomic E-state index is 13.7. The molecular formula is C65H100O24. The van der Waals surface area contributed by atoms with E-state index in [2.05, 4.69) is 0 Å². The Bertz CT molecular complexity index is 2580. The van der Waals surface area contributed by atoms with Gasteiger partial charge in [-0.2, -0.15) is 0 Å². The Kier molecular flexibility index (Phi) is 21.1. The molecule has 8 fully saturated rings. The predicted molar refractivity (Wildman–Crippen MR) is 314 cm³/mol. The summed E-state index contributed by atoms with van der Waals surface area (Å²) >= 11 is 0. The van der Waals surface area contributed by atoms with Crippen molar-refractivity contribution in [1.29, 1.82) is 0 Å². The van der Waals surface area contributed by atoms with Crippen LogP contribution in [0.15, 0.2) is 48.6 Å². The van der Waals surface area contributed by atoms with Crippen molar-refractivity contribution in [2.45, 2.75) is 289 Å². The van der Waals surface area contributed by atoms with E-state index in [1.807, 2.05) is 65.0 Å². The van der Waals surface area contributed by atoms with Gasteiger partial charge in [-0.1, -0.05) is 56.3 Å². The van der Waals surface area contributed by atoms with Crippen LogP contribution in [0, 0.1) is 16.7 Å². The molecule has 1 aromatic carbocycles. The zero-order valence-electron chi connectivity index (χ0n) is 53.8. The number of ether oxygens (including phenoxy) is 16. The molecule has 4 aliphatic carbocycles. The van der Waals surface area contributed by atoms with Crippen molar-refractivity contribution in [1.82, 2.24) is 0 Å². The van der Waals surface area contributed by atoms with E-state index in [9.17, 15) is 40.5 Å².